The molecule has 0 heterocycles. The van der Waals surface area contributed by atoms with Gasteiger partial charge in [0.2, 0.25) is 5.91 Å². The number of thiocarbonyl (C=S) groups is 1. The van der Waals surface area contributed by atoms with Crippen molar-refractivity contribution in [1.82, 2.24) is 10.6 Å². The number of carbonyl (C=O) groups excluding carboxylic acids is 2. The van der Waals surface area contributed by atoms with Crippen molar-refractivity contribution < 1.29 is 14.3 Å². The van der Waals surface area contributed by atoms with E-state index in [-0.39, 0.29) is 22.8 Å². The Hall–Kier alpha value is -2.77. The largest absolute Gasteiger partial charge is 0.385 e. The van der Waals surface area contributed by atoms with Gasteiger partial charge >= 0.3 is 0 Å². The number of anilines is 1. The molecule has 0 fully saturated rings. The molecule has 0 aliphatic carbocycles. The maximum atomic E-state index is 12.7. The van der Waals surface area contributed by atoms with E-state index in [4.69, 9.17) is 17.0 Å². The third kappa shape index (κ3) is 8.05. The summed E-state index contributed by atoms with van der Waals surface area (Å²) in [4.78, 5) is 25.2. The number of rotatable bonds is 10. The zero-order chi connectivity index (χ0) is 23.5. The van der Waals surface area contributed by atoms with Gasteiger partial charge in [-0.15, -0.1) is 0 Å². The first-order valence-electron chi connectivity index (χ1n) is 10.9. The summed E-state index contributed by atoms with van der Waals surface area (Å²) in [5.74, 6) is -0.198. The number of methoxy groups -OCH3 is 1. The Balaban J connectivity index is 1.95. The molecular weight excluding hydrogens is 422 g/mol. The molecule has 172 valence electrons. The number of para-hydroxylation sites is 1. The Morgan fingerprint density at radius 3 is 2.38 bits per heavy atom. The lowest BCUT2D eigenvalue weighted by atomic mass is 9.96. The number of nitrogens with one attached hydrogen (secondary N) is 3. The molecule has 1 atom stereocenters. The van der Waals surface area contributed by atoms with E-state index < -0.39 is 0 Å². The summed E-state index contributed by atoms with van der Waals surface area (Å²) < 4.78 is 4.99. The van der Waals surface area contributed by atoms with Crippen molar-refractivity contribution in [1.29, 1.82) is 0 Å². The van der Waals surface area contributed by atoms with Crippen molar-refractivity contribution in [2.45, 2.75) is 39.5 Å². The molecule has 6 nitrogen and oxygen atoms in total. The highest BCUT2D eigenvalue weighted by Crippen LogP contribution is 2.19. The third-order valence-corrected chi connectivity index (χ3v) is 5.19. The number of hydrogen-bond acceptors (Lipinski definition) is 4. The Bertz CT molecular complexity index is 913. The quantitative estimate of drug-likeness (QED) is 0.368. The van der Waals surface area contributed by atoms with E-state index in [0.29, 0.717) is 30.3 Å². The minimum atomic E-state index is -0.359. The predicted octanol–water partition coefficient (Wildman–Crippen LogP) is 4.27. The molecule has 2 amide bonds. The van der Waals surface area contributed by atoms with Crippen LogP contribution in [0, 0.1) is 5.92 Å². The van der Waals surface area contributed by atoms with E-state index in [0.717, 1.165) is 18.4 Å². The summed E-state index contributed by atoms with van der Waals surface area (Å²) in [5.41, 5.74) is 3.17. The first-order chi connectivity index (χ1) is 15.3. The Kier molecular flexibility index (Phi) is 10.3. The van der Waals surface area contributed by atoms with E-state index in [2.05, 4.69) is 41.9 Å². The second-order valence-electron chi connectivity index (χ2n) is 8.15. The Labute approximate surface area is 196 Å². The molecule has 3 N–H and O–H groups in total. The fourth-order valence-corrected chi connectivity index (χ4v) is 3.45. The summed E-state index contributed by atoms with van der Waals surface area (Å²) in [5, 5.41) is 8.71. The van der Waals surface area contributed by atoms with E-state index in [1.54, 1.807) is 31.4 Å². The molecule has 0 saturated carbocycles. The Morgan fingerprint density at radius 2 is 1.72 bits per heavy atom. The highest BCUT2D eigenvalue weighted by Gasteiger charge is 2.18. The van der Waals surface area contributed by atoms with Crippen molar-refractivity contribution >= 4 is 34.8 Å². The van der Waals surface area contributed by atoms with Gasteiger partial charge in [-0.3, -0.25) is 9.59 Å². The molecule has 2 aromatic rings. The minimum absolute atomic E-state index is 0.151. The SMILES string of the molecule is COCCCNC(=O)c1ccccc1NC(=S)NC(=O)C(C)c1ccc(CC(C)C)cc1. The van der Waals surface area contributed by atoms with Gasteiger partial charge < -0.3 is 20.7 Å². The number of hydrogen-bond donors (Lipinski definition) is 3. The van der Waals surface area contributed by atoms with Gasteiger partial charge in [0, 0.05) is 20.3 Å². The van der Waals surface area contributed by atoms with E-state index in [1.807, 2.05) is 19.1 Å². The average Bonchev–Trinajstić information content (AvgIpc) is 2.76. The summed E-state index contributed by atoms with van der Waals surface area (Å²) in [6.07, 6.45) is 1.73. The molecule has 0 spiro atoms. The average molecular weight is 456 g/mol. The van der Waals surface area contributed by atoms with Crippen LogP contribution >= 0.6 is 12.2 Å². The molecule has 0 saturated heterocycles. The maximum Gasteiger partial charge on any atom is 0.253 e. The van der Waals surface area contributed by atoms with Crippen LogP contribution in [-0.4, -0.2) is 37.2 Å². The van der Waals surface area contributed by atoms with Gasteiger partial charge in [0.1, 0.15) is 0 Å². The molecule has 32 heavy (non-hydrogen) atoms. The lowest BCUT2D eigenvalue weighted by molar-refractivity contribution is -0.120. The summed E-state index contributed by atoms with van der Waals surface area (Å²) >= 11 is 5.33. The van der Waals surface area contributed by atoms with Crippen LogP contribution in [-0.2, 0) is 16.0 Å². The van der Waals surface area contributed by atoms with Crippen LogP contribution in [0.25, 0.3) is 0 Å². The molecule has 0 aliphatic heterocycles. The van der Waals surface area contributed by atoms with E-state index >= 15 is 0 Å². The molecule has 0 aliphatic rings. The van der Waals surface area contributed by atoms with Crippen LogP contribution in [0.4, 0.5) is 5.69 Å². The fourth-order valence-electron chi connectivity index (χ4n) is 3.24. The van der Waals surface area contributed by atoms with Crippen LogP contribution in [0.2, 0.25) is 0 Å². The van der Waals surface area contributed by atoms with Crippen molar-refractivity contribution in [3.05, 3.63) is 65.2 Å². The maximum absolute atomic E-state index is 12.7. The predicted molar refractivity (Wildman–Crippen MR) is 133 cm³/mol. The number of carbonyl (C=O) groups is 2. The van der Waals surface area contributed by atoms with Crippen LogP contribution in [0.1, 0.15) is 54.6 Å². The monoisotopic (exact) mass is 455 g/mol. The zero-order valence-corrected chi connectivity index (χ0v) is 20.1. The second kappa shape index (κ2) is 12.9. The van der Waals surface area contributed by atoms with Crippen LogP contribution in [0.3, 0.4) is 0 Å². The number of benzene rings is 2. The van der Waals surface area contributed by atoms with Crippen LogP contribution in [0.5, 0.6) is 0 Å². The smallest absolute Gasteiger partial charge is 0.253 e. The normalized spacial score (nSPS) is 11.7. The fraction of sp³-hybridized carbons (Fsp3) is 0.400. The summed E-state index contributed by atoms with van der Waals surface area (Å²) in [6, 6.07) is 15.1. The Morgan fingerprint density at radius 1 is 1.03 bits per heavy atom. The summed E-state index contributed by atoms with van der Waals surface area (Å²) in [7, 11) is 1.62. The highest BCUT2D eigenvalue weighted by molar-refractivity contribution is 7.80. The molecule has 0 bridgehead atoms. The van der Waals surface area contributed by atoms with E-state index in [1.165, 1.54) is 5.56 Å². The van der Waals surface area contributed by atoms with Crippen molar-refractivity contribution in [3.8, 4) is 0 Å². The van der Waals surface area contributed by atoms with E-state index in [9.17, 15) is 9.59 Å². The minimum Gasteiger partial charge on any atom is -0.385 e. The van der Waals surface area contributed by atoms with Gasteiger partial charge in [0.15, 0.2) is 5.11 Å². The number of amides is 2. The molecule has 7 heteroatoms. The second-order valence-corrected chi connectivity index (χ2v) is 8.56. The number of ether oxygens (including phenoxy) is 1. The molecule has 0 aromatic heterocycles. The molecule has 2 aromatic carbocycles. The highest BCUT2D eigenvalue weighted by atomic mass is 32.1. The van der Waals surface area contributed by atoms with Gasteiger partial charge in [0.05, 0.1) is 17.2 Å². The molecule has 0 radical (unpaired) electrons. The topological polar surface area (TPSA) is 79.5 Å². The zero-order valence-electron chi connectivity index (χ0n) is 19.2. The van der Waals surface area contributed by atoms with Gasteiger partial charge in [-0.2, -0.15) is 0 Å². The first kappa shape index (κ1) is 25.5. The van der Waals surface area contributed by atoms with Gasteiger partial charge in [0.25, 0.3) is 5.91 Å². The first-order valence-corrected chi connectivity index (χ1v) is 11.3. The summed E-state index contributed by atoms with van der Waals surface area (Å²) in [6.45, 7) is 7.30. The standard InChI is InChI=1S/C25H33N3O3S/c1-17(2)16-19-10-12-20(13-11-19)18(3)23(29)28-25(32)27-22-9-6-5-8-21(22)24(30)26-14-7-15-31-4/h5-6,8-13,17-18H,7,14-16H2,1-4H3,(H,26,30)(H2,27,28,29,32). The lowest BCUT2D eigenvalue weighted by Gasteiger charge is -2.16. The van der Waals surface area contributed by atoms with Gasteiger partial charge in [-0.25, -0.2) is 0 Å². The van der Waals surface area contributed by atoms with Gasteiger partial charge in [-0.1, -0.05) is 50.2 Å². The lowest BCUT2D eigenvalue weighted by Crippen LogP contribution is -2.37. The molecule has 2 rings (SSSR count). The van der Waals surface area contributed by atoms with Crippen molar-refractivity contribution in [2.75, 3.05) is 25.6 Å². The third-order valence-electron chi connectivity index (χ3n) is 4.98. The molecular formula is C25H33N3O3S. The van der Waals surface area contributed by atoms with Crippen LogP contribution in [0.15, 0.2) is 48.5 Å². The van der Waals surface area contributed by atoms with Crippen LogP contribution < -0.4 is 16.0 Å². The van der Waals surface area contributed by atoms with Gasteiger partial charge in [-0.05, 0) is 61.2 Å². The van der Waals surface area contributed by atoms with Crippen molar-refractivity contribution in [2.24, 2.45) is 5.92 Å². The van der Waals surface area contributed by atoms with Crippen molar-refractivity contribution in [3.63, 3.8) is 0 Å². The molecule has 1 unspecified atom stereocenters.